The molecule has 0 unspecified atom stereocenters. The van der Waals surface area contributed by atoms with Crippen LogP contribution in [0.2, 0.25) is 0 Å². The van der Waals surface area contributed by atoms with Crippen LogP contribution in [0.25, 0.3) is 11.0 Å². The molecule has 1 atom stereocenters. The normalized spacial score (nSPS) is 17.6. The topological polar surface area (TPSA) is 65.7 Å². The van der Waals surface area contributed by atoms with Gasteiger partial charge >= 0.3 is 6.18 Å². The first-order valence-electron chi connectivity index (χ1n) is 10.6. The summed E-state index contributed by atoms with van der Waals surface area (Å²) in [4.78, 5) is 15.4. The van der Waals surface area contributed by atoms with Crippen molar-refractivity contribution in [2.45, 2.75) is 51.9 Å². The number of carbonyl (C=O) groups excluding carboxylic acids is 1. The molecule has 1 aliphatic rings. The predicted molar refractivity (Wildman–Crippen MR) is 116 cm³/mol. The number of phenols is 1. The van der Waals surface area contributed by atoms with Crippen LogP contribution < -0.4 is 5.32 Å². The quantitative estimate of drug-likeness (QED) is 0.509. The maximum atomic E-state index is 13.1. The number of halogens is 3. The van der Waals surface area contributed by atoms with E-state index in [2.05, 4.69) is 17.1 Å². The number of hydrogen-bond acceptors (Lipinski definition) is 4. The number of aromatic hydroxyl groups is 1. The van der Waals surface area contributed by atoms with Crippen LogP contribution in [-0.2, 0) is 12.7 Å². The number of aryl methyl sites for hydroxylation is 1. The molecule has 0 radical (unpaired) electrons. The van der Waals surface area contributed by atoms with E-state index in [9.17, 15) is 23.1 Å². The predicted octanol–water partition coefficient (Wildman–Crippen LogP) is 6.09. The first kappa shape index (κ1) is 22.2. The van der Waals surface area contributed by atoms with Crippen LogP contribution in [0.5, 0.6) is 5.75 Å². The molecule has 32 heavy (non-hydrogen) atoms. The third-order valence-corrected chi connectivity index (χ3v) is 6.09. The maximum absolute atomic E-state index is 13.1. The Labute approximate surface area is 183 Å². The molecule has 3 aromatic rings. The average molecular weight is 446 g/mol. The smallest absolute Gasteiger partial charge is 0.416 e. The first-order valence-corrected chi connectivity index (χ1v) is 10.6. The molecule has 0 aliphatic carbocycles. The van der Waals surface area contributed by atoms with E-state index in [4.69, 9.17) is 4.42 Å². The number of benzene rings is 2. The molecule has 5 nitrogen and oxygen atoms in total. The Bertz CT molecular complexity index is 1150. The number of amides is 1. The minimum atomic E-state index is -4.51. The van der Waals surface area contributed by atoms with Crippen molar-refractivity contribution in [3.63, 3.8) is 0 Å². The number of alkyl halides is 3. The molecule has 1 saturated heterocycles. The van der Waals surface area contributed by atoms with Gasteiger partial charge in [0.2, 0.25) is 0 Å². The van der Waals surface area contributed by atoms with E-state index in [-0.39, 0.29) is 17.0 Å². The van der Waals surface area contributed by atoms with Crippen molar-refractivity contribution in [1.82, 2.24) is 4.90 Å². The molecule has 4 rings (SSSR count). The standard InChI is InChI=1S/C24H25F3N2O3/c1-14-6-3-4-11-29(14)13-18-19(30)9-10-20-22(18)21(15(2)32-20)23(31)28-17-8-5-7-16(12-17)24(25,26)27/h5,7-10,12,14,30H,3-4,6,11,13H2,1-2H3,(H,28,31)/t14-/m1/s1. The Balaban J connectivity index is 1.72. The molecule has 0 bridgehead atoms. The van der Waals surface area contributed by atoms with Gasteiger partial charge in [-0.25, -0.2) is 0 Å². The number of piperidine rings is 1. The van der Waals surface area contributed by atoms with Crippen LogP contribution in [-0.4, -0.2) is 28.5 Å². The third-order valence-electron chi connectivity index (χ3n) is 6.09. The summed E-state index contributed by atoms with van der Waals surface area (Å²) in [6.45, 7) is 5.11. The van der Waals surface area contributed by atoms with Crippen LogP contribution >= 0.6 is 0 Å². The second kappa shape index (κ2) is 8.50. The number of nitrogens with zero attached hydrogens (tertiary/aromatic N) is 1. The van der Waals surface area contributed by atoms with Gasteiger partial charge in [0.25, 0.3) is 5.91 Å². The summed E-state index contributed by atoms with van der Waals surface area (Å²) in [7, 11) is 0. The number of rotatable bonds is 4. The Kier molecular flexibility index (Phi) is 5.90. The highest BCUT2D eigenvalue weighted by atomic mass is 19.4. The molecule has 1 amide bonds. The summed E-state index contributed by atoms with van der Waals surface area (Å²) in [5.74, 6) is -0.189. The molecule has 2 N–H and O–H groups in total. The Morgan fingerprint density at radius 1 is 1.25 bits per heavy atom. The SMILES string of the molecule is Cc1oc2ccc(O)c(CN3CCCC[C@H]3C)c2c1C(=O)Nc1cccc(C(F)(F)F)c1. The van der Waals surface area contributed by atoms with Gasteiger partial charge in [0.05, 0.1) is 11.1 Å². The number of likely N-dealkylation sites (tertiary alicyclic amines) is 1. The van der Waals surface area contributed by atoms with E-state index in [0.717, 1.165) is 37.9 Å². The van der Waals surface area contributed by atoms with Crippen LogP contribution in [0.3, 0.4) is 0 Å². The minimum absolute atomic E-state index is 0.0323. The van der Waals surface area contributed by atoms with E-state index >= 15 is 0 Å². The molecule has 2 aromatic carbocycles. The lowest BCUT2D eigenvalue weighted by molar-refractivity contribution is -0.137. The van der Waals surface area contributed by atoms with Crippen molar-refractivity contribution in [1.29, 1.82) is 0 Å². The average Bonchev–Trinajstić information content (AvgIpc) is 3.07. The first-order chi connectivity index (χ1) is 15.1. The van der Waals surface area contributed by atoms with Gasteiger partial charge in [-0.3, -0.25) is 9.69 Å². The highest BCUT2D eigenvalue weighted by molar-refractivity contribution is 6.14. The van der Waals surface area contributed by atoms with Gasteiger partial charge in [0.1, 0.15) is 17.1 Å². The number of carbonyl (C=O) groups is 1. The zero-order valence-electron chi connectivity index (χ0n) is 17.9. The van der Waals surface area contributed by atoms with Crippen molar-refractivity contribution in [2.24, 2.45) is 0 Å². The Hall–Kier alpha value is -3.00. The van der Waals surface area contributed by atoms with Gasteiger partial charge in [0.15, 0.2) is 0 Å². The van der Waals surface area contributed by atoms with E-state index in [0.29, 0.717) is 34.9 Å². The van der Waals surface area contributed by atoms with Gasteiger partial charge < -0.3 is 14.8 Å². The molecular formula is C24H25F3N2O3. The molecular weight excluding hydrogens is 421 g/mol. The number of anilines is 1. The van der Waals surface area contributed by atoms with Crippen LogP contribution in [0.15, 0.2) is 40.8 Å². The van der Waals surface area contributed by atoms with Gasteiger partial charge in [-0.15, -0.1) is 0 Å². The van der Waals surface area contributed by atoms with Crippen LogP contribution in [0, 0.1) is 6.92 Å². The lowest BCUT2D eigenvalue weighted by Gasteiger charge is -2.33. The summed E-state index contributed by atoms with van der Waals surface area (Å²) in [6.07, 6.45) is -1.23. The number of hydrogen-bond donors (Lipinski definition) is 2. The molecule has 0 saturated carbocycles. The van der Waals surface area contributed by atoms with Crippen LogP contribution in [0.1, 0.15) is 53.4 Å². The molecule has 2 heterocycles. The zero-order valence-corrected chi connectivity index (χ0v) is 17.9. The van der Waals surface area contributed by atoms with Crippen molar-refractivity contribution in [3.05, 3.63) is 58.8 Å². The van der Waals surface area contributed by atoms with Crippen molar-refractivity contribution < 1.29 is 27.5 Å². The summed E-state index contributed by atoms with van der Waals surface area (Å²) in [6, 6.07) is 7.97. The molecule has 0 spiro atoms. The number of nitrogens with one attached hydrogen (secondary N) is 1. The molecule has 1 fully saturated rings. The zero-order chi connectivity index (χ0) is 23.0. The maximum Gasteiger partial charge on any atom is 0.416 e. The summed E-state index contributed by atoms with van der Waals surface area (Å²) < 4.78 is 44.9. The van der Waals surface area contributed by atoms with E-state index < -0.39 is 17.6 Å². The largest absolute Gasteiger partial charge is 0.508 e. The highest BCUT2D eigenvalue weighted by Gasteiger charge is 2.31. The van der Waals surface area contributed by atoms with Crippen LogP contribution in [0.4, 0.5) is 18.9 Å². The fourth-order valence-electron chi connectivity index (χ4n) is 4.36. The third kappa shape index (κ3) is 4.32. The number of phenolic OH excluding ortho intramolecular Hbond substituents is 1. The molecule has 1 aliphatic heterocycles. The van der Waals surface area contributed by atoms with Crippen molar-refractivity contribution in [2.75, 3.05) is 11.9 Å². The van der Waals surface area contributed by atoms with E-state index in [1.54, 1.807) is 19.1 Å². The van der Waals surface area contributed by atoms with Gasteiger partial charge in [-0.2, -0.15) is 13.2 Å². The lowest BCUT2D eigenvalue weighted by atomic mass is 9.99. The molecule has 8 heteroatoms. The number of furan rings is 1. The van der Waals surface area contributed by atoms with E-state index in [1.807, 2.05) is 0 Å². The monoisotopic (exact) mass is 446 g/mol. The van der Waals surface area contributed by atoms with Crippen molar-refractivity contribution in [3.8, 4) is 5.75 Å². The second-order valence-corrected chi connectivity index (χ2v) is 8.32. The summed E-state index contributed by atoms with van der Waals surface area (Å²) in [5.41, 5.74) is 0.441. The number of fused-ring (bicyclic) bond motifs is 1. The van der Waals surface area contributed by atoms with Gasteiger partial charge in [0, 0.05) is 29.2 Å². The molecule has 170 valence electrons. The highest BCUT2D eigenvalue weighted by Crippen LogP contribution is 2.36. The molecule has 1 aromatic heterocycles. The van der Waals surface area contributed by atoms with E-state index in [1.165, 1.54) is 12.1 Å². The summed E-state index contributed by atoms with van der Waals surface area (Å²) in [5, 5.41) is 13.7. The second-order valence-electron chi connectivity index (χ2n) is 8.32. The summed E-state index contributed by atoms with van der Waals surface area (Å²) >= 11 is 0. The van der Waals surface area contributed by atoms with Crippen molar-refractivity contribution >= 4 is 22.6 Å². The minimum Gasteiger partial charge on any atom is -0.508 e. The fraction of sp³-hybridized carbons (Fsp3) is 0.375. The van der Waals surface area contributed by atoms with Gasteiger partial charge in [-0.1, -0.05) is 12.5 Å². The Morgan fingerprint density at radius 3 is 2.75 bits per heavy atom. The lowest BCUT2D eigenvalue weighted by Crippen LogP contribution is -2.36. The van der Waals surface area contributed by atoms with Gasteiger partial charge in [-0.05, 0) is 63.6 Å². The fourth-order valence-corrected chi connectivity index (χ4v) is 4.36. The Morgan fingerprint density at radius 2 is 2.03 bits per heavy atom.